The summed E-state index contributed by atoms with van der Waals surface area (Å²) in [5.74, 6) is -0.964. The van der Waals surface area contributed by atoms with Crippen LogP contribution >= 0.6 is 0 Å². The van der Waals surface area contributed by atoms with E-state index in [9.17, 15) is 14.3 Å². The topological polar surface area (TPSA) is 40.5 Å². The lowest BCUT2D eigenvalue weighted by Crippen LogP contribution is -2.31. The summed E-state index contributed by atoms with van der Waals surface area (Å²) in [6, 6.07) is 4.75. The van der Waals surface area contributed by atoms with Crippen molar-refractivity contribution in [3.63, 3.8) is 0 Å². The molecule has 1 N–H and O–H groups in total. The van der Waals surface area contributed by atoms with Crippen LogP contribution in [0.15, 0.2) is 18.2 Å². The van der Waals surface area contributed by atoms with Gasteiger partial charge in [0.05, 0.1) is 5.41 Å². The van der Waals surface area contributed by atoms with E-state index in [4.69, 9.17) is 0 Å². The van der Waals surface area contributed by atoms with Crippen molar-refractivity contribution in [3.8, 4) is 0 Å². The van der Waals surface area contributed by atoms with Crippen LogP contribution in [0.1, 0.15) is 24.5 Å². The quantitative estimate of drug-likeness (QED) is 0.897. The highest BCUT2D eigenvalue weighted by Gasteiger charge is 2.40. The van der Waals surface area contributed by atoms with Gasteiger partial charge in [0.2, 0.25) is 0 Å². The van der Waals surface area contributed by atoms with Gasteiger partial charge in [0.25, 0.3) is 0 Å². The SMILES string of the molecule is Cc1cc(F)ccc1CN1CCC(C)(C(=O)O)C1. The minimum Gasteiger partial charge on any atom is -0.481 e. The average Bonchev–Trinajstić information content (AvgIpc) is 2.66. The summed E-state index contributed by atoms with van der Waals surface area (Å²) < 4.78 is 13.0. The number of aryl methyl sites for hydroxylation is 1. The molecule has 0 aromatic heterocycles. The van der Waals surface area contributed by atoms with Crippen molar-refractivity contribution in [2.45, 2.75) is 26.8 Å². The number of benzene rings is 1. The van der Waals surface area contributed by atoms with Crippen molar-refractivity contribution >= 4 is 5.97 Å². The fraction of sp³-hybridized carbons (Fsp3) is 0.500. The van der Waals surface area contributed by atoms with Gasteiger partial charge in [0.1, 0.15) is 5.82 Å². The summed E-state index contributed by atoms with van der Waals surface area (Å²) in [5, 5.41) is 9.17. The van der Waals surface area contributed by atoms with Crippen molar-refractivity contribution in [3.05, 3.63) is 35.1 Å². The minimum atomic E-state index is -0.735. The third-order valence-electron chi connectivity index (χ3n) is 3.77. The van der Waals surface area contributed by atoms with Crippen LogP contribution in [-0.2, 0) is 11.3 Å². The van der Waals surface area contributed by atoms with E-state index in [2.05, 4.69) is 4.90 Å². The van der Waals surface area contributed by atoms with Crippen LogP contribution in [0.3, 0.4) is 0 Å². The van der Waals surface area contributed by atoms with Gasteiger partial charge < -0.3 is 5.11 Å². The molecule has 0 bridgehead atoms. The van der Waals surface area contributed by atoms with E-state index in [1.54, 1.807) is 13.0 Å². The molecule has 1 aromatic rings. The highest BCUT2D eigenvalue weighted by Crippen LogP contribution is 2.31. The number of halogens is 1. The van der Waals surface area contributed by atoms with Gasteiger partial charge in [-0.05, 0) is 50.1 Å². The molecule has 1 saturated heterocycles. The van der Waals surface area contributed by atoms with Gasteiger partial charge in [-0.3, -0.25) is 9.69 Å². The van der Waals surface area contributed by atoms with Crippen LogP contribution in [0, 0.1) is 18.2 Å². The molecule has 1 unspecified atom stereocenters. The third-order valence-corrected chi connectivity index (χ3v) is 3.77. The monoisotopic (exact) mass is 251 g/mol. The molecule has 0 amide bonds. The molecule has 0 spiro atoms. The lowest BCUT2D eigenvalue weighted by atomic mass is 9.90. The summed E-state index contributed by atoms with van der Waals surface area (Å²) in [5.41, 5.74) is 1.33. The smallest absolute Gasteiger partial charge is 0.310 e. The van der Waals surface area contributed by atoms with Crippen molar-refractivity contribution in [1.82, 2.24) is 4.90 Å². The molecule has 0 saturated carbocycles. The molecule has 0 radical (unpaired) electrons. The molecule has 0 aliphatic carbocycles. The van der Waals surface area contributed by atoms with Crippen LogP contribution in [0.4, 0.5) is 4.39 Å². The normalized spacial score (nSPS) is 24.4. The molecule has 1 atom stereocenters. The predicted octanol–water partition coefficient (Wildman–Crippen LogP) is 2.43. The van der Waals surface area contributed by atoms with E-state index < -0.39 is 11.4 Å². The number of carboxylic acids is 1. The summed E-state index contributed by atoms with van der Waals surface area (Å²) in [7, 11) is 0. The Kier molecular flexibility index (Phi) is 3.39. The summed E-state index contributed by atoms with van der Waals surface area (Å²) >= 11 is 0. The molecule has 1 aromatic carbocycles. The number of hydrogen-bond donors (Lipinski definition) is 1. The number of carboxylic acid groups (broad SMARTS) is 1. The highest BCUT2D eigenvalue weighted by atomic mass is 19.1. The fourth-order valence-electron chi connectivity index (χ4n) is 2.44. The van der Waals surface area contributed by atoms with Gasteiger partial charge in [-0.1, -0.05) is 6.07 Å². The van der Waals surface area contributed by atoms with E-state index >= 15 is 0 Å². The van der Waals surface area contributed by atoms with Crippen molar-refractivity contribution < 1.29 is 14.3 Å². The predicted molar refractivity (Wildman–Crippen MR) is 66.8 cm³/mol. The zero-order chi connectivity index (χ0) is 13.3. The Bertz CT molecular complexity index is 475. The molecular formula is C14H18FNO2. The number of rotatable bonds is 3. The molecule has 1 fully saturated rings. The molecule has 1 heterocycles. The molecule has 4 heteroatoms. The second-order valence-corrected chi connectivity index (χ2v) is 5.40. The maximum atomic E-state index is 13.0. The van der Waals surface area contributed by atoms with Crippen LogP contribution in [0.25, 0.3) is 0 Å². The van der Waals surface area contributed by atoms with Crippen LogP contribution in [-0.4, -0.2) is 29.1 Å². The zero-order valence-electron chi connectivity index (χ0n) is 10.7. The first kappa shape index (κ1) is 13.0. The Labute approximate surface area is 106 Å². The van der Waals surface area contributed by atoms with E-state index in [1.165, 1.54) is 12.1 Å². The Morgan fingerprint density at radius 3 is 2.83 bits per heavy atom. The standard InChI is InChI=1S/C14H18FNO2/c1-10-7-12(15)4-3-11(10)8-16-6-5-14(2,9-16)13(17)18/h3-4,7H,5-6,8-9H2,1-2H3,(H,17,18). The molecule has 18 heavy (non-hydrogen) atoms. The second kappa shape index (κ2) is 4.69. The van der Waals surface area contributed by atoms with E-state index in [1.807, 2.05) is 6.92 Å². The first-order chi connectivity index (χ1) is 8.40. The average molecular weight is 251 g/mol. The summed E-state index contributed by atoms with van der Waals surface area (Å²) in [4.78, 5) is 13.3. The first-order valence-corrected chi connectivity index (χ1v) is 6.11. The minimum absolute atomic E-state index is 0.229. The van der Waals surface area contributed by atoms with E-state index in [0.717, 1.165) is 17.7 Å². The lowest BCUT2D eigenvalue weighted by Gasteiger charge is -2.20. The van der Waals surface area contributed by atoms with Crippen LogP contribution < -0.4 is 0 Å². The van der Waals surface area contributed by atoms with Crippen molar-refractivity contribution in [1.29, 1.82) is 0 Å². The van der Waals surface area contributed by atoms with Gasteiger partial charge >= 0.3 is 5.97 Å². The second-order valence-electron chi connectivity index (χ2n) is 5.40. The molecule has 1 aliphatic heterocycles. The largest absolute Gasteiger partial charge is 0.481 e. The van der Waals surface area contributed by atoms with Crippen LogP contribution in [0.5, 0.6) is 0 Å². The maximum absolute atomic E-state index is 13.0. The number of hydrogen-bond acceptors (Lipinski definition) is 2. The van der Waals surface area contributed by atoms with E-state index in [-0.39, 0.29) is 5.82 Å². The Hall–Kier alpha value is -1.42. The van der Waals surface area contributed by atoms with Crippen LogP contribution in [0.2, 0.25) is 0 Å². The number of likely N-dealkylation sites (tertiary alicyclic amines) is 1. The van der Waals surface area contributed by atoms with Gasteiger partial charge in [0.15, 0.2) is 0 Å². The number of nitrogens with zero attached hydrogens (tertiary/aromatic N) is 1. The number of carbonyl (C=O) groups is 1. The first-order valence-electron chi connectivity index (χ1n) is 6.11. The molecular weight excluding hydrogens is 233 g/mol. The molecule has 1 aliphatic rings. The van der Waals surface area contributed by atoms with Crippen molar-refractivity contribution in [2.75, 3.05) is 13.1 Å². The zero-order valence-corrected chi connectivity index (χ0v) is 10.7. The van der Waals surface area contributed by atoms with Gasteiger partial charge in [-0.2, -0.15) is 0 Å². The van der Waals surface area contributed by atoms with Gasteiger partial charge in [-0.25, -0.2) is 4.39 Å². The van der Waals surface area contributed by atoms with Crippen molar-refractivity contribution in [2.24, 2.45) is 5.41 Å². The third kappa shape index (κ3) is 2.53. The number of aliphatic carboxylic acids is 1. The molecule has 2 rings (SSSR count). The Morgan fingerprint density at radius 1 is 1.56 bits per heavy atom. The molecule has 3 nitrogen and oxygen atoms in total. The van der Waals surface area contributed by atoms with E-state index in [0.29, 0.717) is 19.5 Å². The summed E-state index contributed by atoms with van der Waals surface area (Å²) in [6.45, 7) is 5.69. The molecule has 98 valence electrons. The lowest BCUT2D eigenvalue weighted by molar-refractivity contribution is -0.147. The fourth-order valence-corrected chi connectivity index (χ4v) is 2.44. The van der Waals surface area contributed by atoms with Gasteiger partial charge in [-0.15, -0.1) is 0 Å². The Balaban J connectivity index is 2.06. The summed E-state index contributed by atoms with van der Waals surface area (Å²) in [6.07, 6.45) is 0.669. The van der Waals surface area contributed by atoms with Gasteiger partial charge in [0, 0.05) is 13.1 Å². The highest BCUT2D eigenvalue weighted by molar-refractivity contribution is 5.74. The Morgan fingerprint density at radius 2 is 2.28 bits per heavy atom. The maximum Gasteiger partial charge on any atom is 0.310 e.